The molecule has 11 heteroatoms. The first-order valence-corrected chi connectivity index (χ1v) is 11.5. The molecule has 10 nitrogen and oxygen atoms in total. The largest absolute Gasteiger partial charge is 0.475 e. The average molecular weight is 456 g/mol. The molecule has 0 aromatic heterocycles. The van der Waals surface area contributed by atoms with E-state index in [0.717, 1.165) is 4.90 Å². The molecule has 0 saturated carbocycles. The van der Waals surface area contributed by atoms with Gasteiger partial charge < -0.3 is 10.1 Å². The van der Waals surface area contributed by atoms with Crippen LogP contribution in [0.4, 0.5) is 4.79 Å². The zero-order chi connectivity index (χ0) is 23.2. The molecule has 172 valence electrons. The number of carbonyl (C=O) groups is 3. The Hall–Kier alpha value is -2.26. The fourth-order valence-electron chi connectivity index (χ4n) is 2.80. The molecule has 0 radical (unpaired) electrons. The van der Waals surface area contributed by atoms with Crippen LogP contribution >= 0.6 is 7.82 Å². The Balaban J connectivity index is 2.00. The maximum atomic E-state index is 12.7. The molecule has 31 heavy (non-hydrogen) atoms. The van der Waals surface area contributed by atoms with Gasteiger partial charge in [0.05, 0.1) is 30.9 Å². The van der Waals surface area contributed by atoms with Crippen molar-refractivity contribution in [1.29, 1.82) is 0 Å². The molecule has 0 unspecified atom stereocenters. The topological polar surface area (TPSA) is 120 Å². The number of phosphoric ester groups is 1. The predicted octanol–water partition coefficient (Wildman–Crippen LogP) is 3.51. The fraction of sp³-hybridized carbons (Fsp3) is 0.550. The van der Waals surface area contributed by atoms with E-state index in [1.165, 1.54) is 12.1 Å². The zero-order valence-electron chi connectivity index (χ0n) is 18.4. The van der Waals surface area contributed by atoms with Crippen LogP contribution < -0.4 is 5.32 Å². The van der Waals surface area contributed by atoms with Gasteiger partial charge in [-0.2, -0.15) is 0 Å². The summed E-state index contributed by atoms with van der Waals surface area (Å²) in [7, 11) is -3.70. The Kier molecular flexibility index (Phi) is 8.36. The molecule has 1 aromatic rings. The zero-order valence-corrected chi connectivity index (χ0v) is 19.3. The van der Waals surface area contributed by atoms with Crippen molar-refractivity contribution in [1.82, 2.24) is 10.2 Å². The second-order valence-electron chi connectivity index (χ2n) is 7.63. The van der Waals surface area contributed by atoms with E-state index in [-0.39, 0.29) is 44.0 Å². The number of nitrogens with zero attached hydrogens (tertiary/aromatic N) is 1. The maximum absolute atomic E-state index is 12.7. The van der Waals surface area contributed by atoms with Crippen LogP contribution in [-0.4, -0.2) is 54.7 Å². The smallest absolute Gasteiger partial charge is 0.444 e. The quantitative estimate of drug-likeness (QED) is 0.420. The number of hydrogen-bond acceptors (Lipinski definition) is 8. The monoisotopic (exact) mass is 456 g/mol. The van der Waals surface area contributed by atoms with Gasteiger partial charge in [-0.05, 0) is 52.3 Å². The first-order valence-electron chi connectivity index (χ1n) is 9.99. The molecule has 1 aliphatic heterocycles. The predicted molar refractivity (Wildman–Crippen MR) is 112 cm³/mol. The van der Waals surface area contributed by atoms with Gasteiger partial charge in [-0.1, -0.05) is 6.07 Å². The Bertz CT molecular complexity index is 870. The van der Waals surface area contributed by atoms with E-state index in [1.807, 2.05) is 0 Å². The Labute approximate surface area is 181 Å². The van der Waals surface area contributed by atoms with E-state index >= 15 is 0 Å². The van der Waals surface area contributed by atoms with E-state index in [0.29, 0.717) is 5.56 Å². The van der Waals surface area contributed by atoms with Gasteiger partial charge in [-0.3, -0.25) is 28.1 Å². The van der Waals surface area contributed by atoms with E-state index in [2.05, 4.69) is 5.32 Å². The molecule has 1 aromatic carbocycles. The number of fused-ring (bicyclic) bond motifs is 1. The van der Waals surface area contributed by atoms with Crippen molar-refractivity contribution in [3.63, 3.8) is 0 Å². The molecule has 2 rings (SSSR count). The van der Waals surface area contributed by atoms with Gasteiger partial charge in [0.2, 0.25) is 0 Å². The lowest BCUT2D eigenvalue weighted by Crippen LogP contribution is -2.40. The molecule has 1 heterocycles. The lowest BCUT2D eigenvalue weighted by molar-refractivity contribution is 0.0504. The Morgan fingerprint density at radius 3 is 2.23 bits per heavy atom. The molecule has 0 atom stereocenters. The molecule has 1 N–H and O–H groups in total. The Morgan fingerprint density at radius 2 is 1.65 bits per heavy atom. The van der Waals surface area contributed by atoms with Crippen LogP contribution in [0.5, 0.6) is 0 Å². The summed E-state index contributed by atoms with van der Waals surface area (Å²) in [6, 6.07) is 4.63. The van der Waals surface area contributed by atoms with Crippen molar-refractivity contribution in [3.05, 3.63) is 34.9 Å². The molecule has 1 aliphatic rings. The normalized spacial score (nSPS) is 14.0. The Morgan fingerprint density at radius 1 is 1.03 bits per heavy atom. The van der Waals surface area contributed by atoms with Crippen LogP contribution in [0.25, 0.3) is 0 Å². The summed E-state index contributed by atoms with van der Waals surface area (Å²) in [5, 5.41) is 2.52. The minimum atomic E-state index is -3.70. The number of alkyl carbamates (subject to hydrolysis) is 1. The number of benzene rings is 1. The molecule has 0 bridgehead atoms. The van der Waals surface area contributed by atoms with Crippen molar-refractivity contribution in [2.75, 3.05) is 26.3 Å². The van der Waals surface area contributed by atoms with Crippen LogP contribution in [0.15, 0.2) is 18.2 Å². The van der Waals surface area contributed by atoms with E-state index in [9.17, 15) is 18.9 Å². The van der Waals surface area contributed by atoms with E-state index < -0.39 is 31.3 Å². The number of ether oxygens (including phenoxy) is 1. The van der Waals surface area contributed by atoms with Crippen molar-refractivity contribution >= 4 is 25.7 Å². The van der Waals surface area contributed by atoms with Crippen LogP contribution in [0.3, 0.4) is 0 Å². The van der Waals surface area contributed by atoms with Crippen LogP contribution in [-0.2, 0) is 29.5 Å². The van der Waals surface area contributed by atoms with E-state index in [1.54, 1.807) is 40.7 Å². The lowest BCUT2D eigenvalue weighted by Gasteiger charge is -2.20. The number of imide groups is 1. The van der Waals surface area contributed by atoms with Crippen LogP contribution in [0.1, 0.15) is 60.9 Å². The summed E-state index contributed by atoms with van der Waals surface area (Å²) in [5.74, 6) is -0.932. The molecule has 0 aliphatic carbocycles. The highest BCUT2D eigenvalue weighted by Gasteiger charge is 2.35. The van der Waals surface area contributed by atoms with Gasteiger partial charge in [0.1, 0.15) is 5.60 Å². The van der Waals surface area contributed by atoms with Gasteiger partial charge in [0, 0.05) is 13.1 Å². The van der Waals surface area contributed by atoms with Gasteiger partial charge >= 0.3 is 13.9 Å². The number of nitrogens with one attached hydrogen (secondary N) is 1. The summed E-state index contributed by atoms with van der Waals surface area (Å²) in [6.07, 6.45) is -0.628. The first-order chi connectivity index (χ1) is 14.5. The first kappa shape index (κ1) is 25.0. The van der Waals surface area contributed by atoms with Crippen LogP contribution in [0, 0.1) is 0 Å². The standard InChI is InChI=1S/C20H29N2O8P/c1-6-27-31(26,28-7-2)29-13-14-8-9-15-16(12-14)18(24)22(17(15)23)11-10-21-19(25)30-20(3,4)5/h8-9,12H,6-7,10-11,13H2,1-5H3,(H,21,25). The molecule has 3 amide bonds. The highest BCUT2D eigenvalue weighted by atomic mass is 31.2. The number of rotatable bonds is 10. The third-order valence-corrected chi connectivity index (χ3v) is 5.60. The summed E-state index contributed by atoms with van der Waals surface area (Å²) in [4.78, 5) is 38.0. The summed E-state index contributed by atoms with van der Waals surface area (Å²) in [6.45, 7) is 8.79. The number of carbonyl (C=O) groups excluding carboxylic acids is 3. The van der Waals surface area contributed by atoms with Crippen molar-refractivity contribution in [2.45, 2.75) is 46.8 Å². The fourth-order valence-corrected chi connectivity index (χ4v) is 3.96. The van der Waals surface area contributed by atoms with Crippen molar-refractivity contribution in [3.8, 4) is 0 Å². The average Bonchev–Trinajstić information content (AvgIpc) is 2.90. The van der Waals surface area contributed by atoms with Gasteiger partial charge in [-0.25, -0.2) is 9.36 Å². The van der Waals surface area contributed by atoms with Gasteiger partial charge in [0.25, 0.3) is 11.8 Å². The van der Waals surface area contributed by atoms with Crippen LogP contribution in [0.2, 0.25) is 0 Å². The summed E-state index contributed by atoms with van der Waals surface area (Å²) >= 11 is 0. The van der Waals surface area contributed by atoms with Gasteiger partial charge in [0.15, 0.2) is 0 Å². The molecule has 0 fully saturated rings. The minimum Gasteiger partial charge on any atom is -0.444 e. The third kappa shape index (κ3) is 6.87. The van der Waals surface area contributed by atoms with Gasteiger partial charge in [-0.15, -0.1) is 0 Å². The highest BCUT2D eigenvalue weighted by molar-refractivity contribution is 7.48. The highest BCUT2D eigenvalue weighted by Crippen LogP contribution is 2.49. The molecular weight excluding hydrogens is 427 g/mol. The van der Waals surface area contributed by atoms with Crippen molar-refractivity contribution < 1.29 is 37.3 Å². The summed E-state index contributed by atoms with van der Waals surface area (Å²) in [5.41, 5.74) is 0.356. The maximum Gasteiger partial charge on any atom is 0.475 e. The lowest BCUT2D eigenvalue weighted by atomic mass is 10.1. The third-order valence-electron chi connectivity index (χ3n) is 4.00. The SMILES string of the molecule is CCOP(=O)(OCC)OCc1ccc2c(c1)C(=O)N(CCNC(=O)OC(C)(C)C)C2=O. The van der Waals surface area contributed by atoms with E-state index in [4.69, 9.17) is 18.3 Å². The van der Waals surface area contributed by atoms with Crippen molar-refractivity contribution in [2.24, 2.45) is 0 Å². The second-order valence-corrected chi connectivity index (χ2v) is 9.30. The molecule has 0 saturated heterocycles. The molecule has 0 spiro atoms. The summed E-state index contributed by atoms with van der Waals surface area (Å²) < 4.78 is 33.0. The number of phosphoric acid groups is 1. The second kappa shape index (κ2) is 10.4. The molecular formula is C20H29N2O8P. The minimum absolute atomic E-state index is 0.00129. The number of amides is 3. The number of hydrogen-bond donors (Lipinski definition) is 1.